The lowest BCUT2D eigenvalue weighted by Gasteiger charge is -2.46. The van der Waals surface area contributed by atoms with Gasteiger partial charge in [-0.2, -0.15) is 131 Å². The minimum absolute atomic E-state index is 0.195. The highest BCUT2D eigenvalue weighted by atomic mass is 32.2. The molecule has 27 heteroatoms. The van der Waals surface area contributed by atoms with Crippen LogP contribution in [0.4, 0.5) is 105 Å². The van der Waals surface area contributed by atoms with Gasteiger partial charge in [-0.3, -0.25) is 0 Å². The smallest absolute Gasteiger partial charge is 0.194 e. The van der Waals surface area contributed by atoms with Crippen LogP contribution in [0.25, 0.3) is 0 Å². The lowest BCUT2D eigenvalue weighted by molar-refractivity contribution is -0.144. The second-order valence-corrected chi connectivity index (χ2v) is 16.6. The van der Waals surface area contributed by atoms with Crippen LogP contribution in [0.5, 0.6) is 0 Å². The lowest BCUT2D eigenvalue weighted by atomic mass is 9.12. The SMILES string of the molecule is C[S+](C)OC1CCCC1.FC(F)(F)c1cc([B-](c2cc(C(F)(F)F)cc(C(F)(F)F)c2)(c2cc(C(F)(F)F)cc(C(F)(F)F)c2)c2cc(C(F)(F)F)cc(C(F)(F)F)c2)cc(C(F)(F)F)c1. The molecule has 0 amide bonds. The van der Waals surface area contributed by atoms with E-state index in [1.165, 1.54) is 25.7 Å². The van der Waals surface area contributed by atoms with E-state index in [0.29, 0.717) is 6.10 Å². The summed E-state index contributed by atoms with van der Waals surface area (Å²) in [5, 5.41) is 0. The maximum absolute atomic E-state index is 14.2. The Hall–Kier alpha value is -4.43. The highest BCUT2D eigenvalue weighted by Gasteiger charge is 2.47. The van der Waals surface area contributed by atoms with E-state index in [1.807, 2.05) is 0 Å². The van der Waals surface area contributed by atoms with Gasteiger partial charge < -0.3 is 0 Å². The Morgan fingerprint density at radius 1 is 0.333 bits per heavy atom. The third-order valence-electron chi connectivity index (χ3n) is 10.1. The van der Waals surface area contributed by atoms with Crippen molar-refractivity contribution in [3.63, 3.8) is 0 Å². The normalized spacial score (nSPS) is 15.3. The van der Waals surface area contributed by atoms with E-state index in [0.717, 1.165) is 0 Å². The number of alkyl halides is 24. The molecular weight excluding hydrogens is 983 g/mol. The average Bonchev–Trinajstić information content (AvgIpc) is 3.65. The fourth-order valence-electron chi connectivity index (χ4n) is 7.33. The van der Waals surface area contributed by atoms with Crippen molar-refractivity contribution in [2.75, 3.05) is 12.5 Å². The average molecular weight is 1010 g/mol. The van der Waals surface area contributed by atoms with Gasteiger partial charge in [0.2, 0.25) is 0 Å². The monoisotopic (exact) mass is 1010 g/mol. The molecule has 0 heterocycles. The zero-order valence-electron chi connectivity index (χ0n) is 32.8. The van der Waals surface area contributed by atoms with Crippen molar-refractivity contribution < 1.29 is 110 Å². The summed E-state index contributed by atoms with van der Waals surface area (Å²) in [6, 6.07) is -8.81. The first kappa shape index (κ1) is 54.2. The molecular formula is C39H27BF24OS. The molecule has 1 fully saturated rings. The maximum Gasteiger partial charge on any atom is 0.416 e. The summed E-state index contributed by atoms with van der Waals surface area (Å²) in [5.74, 6) is 0. The number of hydrogen-bond acceptors (Lipinski definition) is 1. The Bertz CT molecular complexity index is 1900. The van der Waals surface area contributed by atoms with E-state index < -0.39 is 195 Å². The second kappa shape index (κ2) is 18.2. The third kappa shape index (κ3) is 12.8. The molecule has 4 aromatic carbocycles. The molecule has 0 atom stereocenters. The maximum atomic E-state index is 14.2. The van der Waals surface area contributed by atoms with Gasteiger partial charge in [0, 0.05) is 0 Å². The van der Waals surface area contributed by atoms with Crippen molar-refractivity contribution in [2.45, 2.75) is 81.2 Å². The molecule has 0 N–H and O–H groups in total. The largest absolute Gasteiger partial charge is 0.416 e. The van der Waals surface area contributed by atoms with Crippen LogP contribution in [-0.2, 0) is 64.8 Å². The Morgan fingerprint density at radius 3 is 0.636 bits per heavy atom. The molecule has 66 heavy (non-hydrogen) atoms. The number of hydrogen-bond donors (Lipinski definition) is 0. The molecule has 1 aliphatic rings. The third-order valence-corrected chi connectivity index (χ3v) is 10.7. The van der Waals surface area contributed by atoms with Crippen LogP contribution in [0.3, 0.4) is 0 Å². The fraction of sp³-hybridized carbons (Fsp3) is 0.385. The highest BCUT2D eigenvalue weighted by molar-refractivity contribution is 7.90. The first-order valence-electron chi connectivity index (χ1n) is 18.2. The summed E-state index contributed by atoms with van der Waals surface area (Å²) < 4.78 is 346. The van der Waals surface area contributed by atoms with Gasteiger partial charge in [0.05, 0.1) is 44.5 Å². The zero-order chi connectivity index (χ0) is 50.6. The van der Waals surface area contributed by atoms with E-state index in [1.54, 1.807) is 0 Å². The van der Waals surface area contributed by atoms with Gasteiger partial charge in [-0.05, 0) is 37.1 Å². The molecule has 0 bridgehead atoms. The molecule has 1 saturated carbocycles. The van der Waals surface area contributed by atoms with Crippen LogP contribution in [0, 0.1) is 0 Å². The van der Waals surface area contributed by atoms with Gasteiger partial charge in [0.25, 0.3) is 0 Å². The van der Waals surface area contributed by atoms with Crippen LogP contribution in [0.15, 0.2) is 72.8 Å². The minimum atomic E-state index is -6.13. The van der Waals surface area contributed by atoms with Gasteiger partial charge in [0.1, 0.15) is 35.9 Å². The molecule has 0 aliphatic heterocycles. The molecule has 1 nitrogen and oxygen atoms in total. The molecule has 0 radical (unpaired) electrons. The number of rotatable bonds is 6. The molecule has 0 spiro atoms. The molecule has 1 aliphatic carbocycles. The standard InChI is InChI=1S/C32H12BF24.C7H15OS/c34-25(35,36)13-1-14(26(37,38)39)6-21(5-13)33(22-7-15(27(40,41)42)2-16(8-22)28(43,44)45,23-9-17(29(46,47)48)3-18(10-23)30(49,50)51)24-11-19(31(52,53)54)4-20(12-24)32(55,56)57;1-9(2)8-7-5-3-4-6-7/h1-12H;7H,3-6H2,1-2H3/q-1;+1. The van der Waals surface area contributed by atoms with E-state index in [4.69, 9.17) is 4.18 Å². The number of benzene rings is 4. The van der Waals surface area contributed by atoms with Crippen LogP contribution in [0.2, 0.25) is 0 Å². The van der Waals surface area contributed by atoms with E-state index in [9.17, 15) is 105 Å². The predicted molar refractivity (Wildman–Crippen MR) is 193 cm³/mol. The quantitative estimate of drug-likeness (QED) is 0.106. The Labute approximate surface area is 359 Å². The number of halogens is 24. The summed E-state index contributed by atoms with van der Waals surface area (Å²) in [6.07, 6.45) is -44.6. The molecule has 0 unspecified atom stereocenters. The van der Waals surface area contributed by atoms with Gasteiger partial charge >= 0.3 is 49.4 Å². The molecule has 366 valence electrons. The first-order valence-corrected chi connectivity index (χ1v) is 20.1. The minimum Gasteiger partial charge on any atom is -0.194 e. The Kier molecular flexibility index (Phi) is 15.0. The highest BCUT2D eigenvalue weighted by Crippen LogP contribution is 2.41. The van der Waals surface area contributed by atoms with Crippen LogP contribution >= 0.6 is 0 Å². The van der Waals surface area contributed by atoms with Crippen molar-refractivity contribution >= 4 is 39.2 Å². The molecule has 0 aromatic heterocycles. The summed E-state index contributed by atoms with van der Waals surface area (Å²) in [6.45, 7) is 0. The van der Waals surface area contributed by atoms with Crippen LogP contribution in [0.1, 0.15) is 70.2 Å². The molecule has 4 aromatic rings. The van der Waals surface area contributed by atoms with Crippen molar-refractivity contribution in [1.29, 1.82) is 0 Å². The summed E-state index contributed by atoms with van der Waals surface area (Å²) in [5.41, 5.74) is -30.2. The molecule has 5 rings (SSSR count). The van der Waals surface area contributed by atoms with Crippen molar-refractivity contribution in [1.82, 2.24) is 0 Å². The van der Waals surface area contributed by atoms with Crippen molar-refractivity contribution in [3.8, 4) is 0 Å². The van der Waals surface area contributed by atoms with Gasteiger partial charge in [0.15, 0.2) is 0 Å². The lowest BCUT2D eigenvalue weighted by Crippen LogP contribution is -2.75. The van der Waals surface area contributed by atoms with Crippen molar-refractivity contribution in [3.05, 3.63) is 117 Å². The van der Waals surface area contributed by atoms with Gasteiger partial charge in [-0.15, -0.1) is 0 Å². The zero-order valence-corrected chi connectivity index (χ0v) is 33.6. The van der Waals surface area contributed by atoms with Gasteiger partial charge in [-0.1, -0.05) is 61.4 Å². The predicted octanol–water partition coefficient (Wildman–Crippen LogP) is 13.0. The van der Waals surface area contributed by atoms with Crippen LogP contribution in [-0.4, -0.2) is 24.8 Å². The van der Waals surface area contributed by atoms with E-state index >= 15 is 0 Å². The Morgan fingerprint density at radius 2 is 0.500 bits per heavy atom. The van der Waals surface area contributed by atoms with Crippen molar-refractivity contribution in [2.24, 2.45) is 0 Å². The molecule has 0 saturated heterocycles. The van der Waals surface area contributed by atoms with Gasteiger partial charge in [-0.25, -0.2) is 0 Å². The summed E-state index contributed by atoms with van der Waals surface area (Å²) in [4.78, 5) is 0. The first-order chi connectivity index (χ1) is 29.5. The summed E-state index contributed by atoms with van der Waals surface area (Å²) >= 11 is 0.195. The fourth-order valence-corrected chi connectivity index (χ4v) is 8.06. The van der Waals surface area contributed by atoms with E-state index in [-0.39, 0.29) is 11.2 Å². The topological polar surface area (TPSA) is 9.23 Å². The summed E-state index contributed by atoms with van der Waals surface area (Å²) in [7, 11) is 0. The van der Waals surface area contributed by atoms with E-state index in [2.05, 4.69) is 12.5 Å². The Balaban J connectivity index is 0.000000942. The second-order valence-electron chi connectivity index (χ2n) is 15.0. The van der Waals surface area contributed by atoms with Crippen LogP contribution < -0.4 is 21.9 Å².